The smallest absolute Gasteiger partial charge is 0.326 e. The summed E-state index contributed by atoms with van der Waals surface area (Å²) in [5.74, 6) is -1.16. The van der Waals surface area contributed by atoms with Gasteiger partial charge in [0, 0.05) is 20.1 Å². The van der Waals surface area contributed by atoms with E-state index in [0.29, 0.717) is 0 Å². The van der Waals surface area contributed by atoms with Crippen molar-refractivity contribution >= 4 is 12.0 Å². The molecule has 0 saturated carbocycles. The van der Waals surface area contributed by atoms with Crippen LogP contribution < -0.4 is 10.6 Å². The zero-order valence-electron chi connectivity index (χ0n) is 6.70. The van der Waals surface area contributed by atoms with E-state index in [4.69, 9.17) is 10.2 Å². The highest BCUT2D eigenvalue weighted by molar-refractivity contribution is 5.82. The summed E-state index contributed by atoms with van der Waals surface area (Å²) in [6, 6.07) is -1.61. The topological polar surface area (TPSA) is 98.7 Å². The van der Waals surface area contributed by atoms with Crippen LogP contribution in [0.1, 0.15) is 6.42 Å². The molecule has 0 aliphatic heterocycles. The van der Waals surface area contributed by atoms with E-state index in [1.807, 2.05) is 0 Å². The summed E-state index contributed by atoms with van der Waals surface area (Å²) in [5.41, 5.74) is 0. The highest BCUT2D eigenvalue weighted by Gasteiger charge is 2.17. The van der Waals surface area contributed by atoms with Crippen molar-refractivity contribution in [1.82, 2.24) is 10.6 Å². The average molecular weight is 176 g/mol. The lowest BCUT2D eigenvalue weighted by Gasteiger charge is -2.11. The first-order valence-electron chi connectivity index (χ1n) is 3.43. The number of carbonyl (C=O) groups is 2. The monoisotopic (exact) mass is 176 g/mol. The van der Waals surface area contributed by atoms with E-state index in [0.717, 1.165) is 0 Å². The highest BCUT2D eigenvalue weighted by Crippen LogP contribution is 1.90. The zero-order valence-corrected chi connectivity index (χ0v) is 6.70. The molecule has 1 atom stereocenters. The van der Waals surface area contributed by atoms with Gasteiger partial charge in [0.1, 0.15) is 6.04 Å². The summed E-state index contributed by atoms with van der Waals surface area (Å²) in [6.07, 6.45) is 0.00273. The molecule has 0 saturated heterocycles. The Morgan fingerprint density at radius 2 is 2.08 bits per heavy atom. The number of hydrogen-bond acceptors (Lipinski definition) is 3. The second-order valence-corrected chi connectivity index (χ2v) is 2.13. The number of rotatable bonds is 4. The maximum Gasteiger partial charge on any atom is 0.326 e. The summed E-state index contributed by atoms with van der Waals surface area (Å²) in [6.45, 7) is -0.277. The van der Waals surface area contributed by atoms with Crippen LogP contribution in [0.3, 0.4) is 0 Å². The SMILES string of the molecule is CNC(=O)N[C@H](CCO)C(=O)O. The molecule has 0 aromatic heterocycles. The second-order valence-electron chi connectivity index (χ2n) is 2.13. The number of amides is 2. The summed E-state index contributed by atoms with van der Waals surface area (Å²) in [7, 11) is 1.38. The van der Waals surface area contributed by atoms with E-state index < -0.39 is 18.0 Å². The Hall–Kier alpha value is -1.30. The van der Waals surface area contributed by atoms with E-state index in [1.165, 1.54) is 7.05 Å². The number of urea groups is 1. The van der Waals surface area contributed by atoms with Gasteiger partial charge in [0.25, 0.3) is 0 Å². The van der Waals surface area contributed by atoms with E-state index in [9.17, 15) is 9.59 Å². The van der Waals surface area contributed by atoms with E-state index in [-0.39, 0.29) is 13.0 Å². The summed E-state index contributed by atoms with van der Waals surface area (Å²) in [5, 5.41) is 21.3. The van der Waals surface area contributed by atoms with Crippen molar-refractivity contribution < 1.29 is 19.8 Å². The highest BCUT2D eigenvalue weighted by atomic mass is 16.4. The molecular weight excluding hydrogens is 164 g/mol. The molecule has 6 heteroatoms. The fourth-order valence-electron chi connectivity index (χ4n) is 0.617. The van der Waals surface area contributed by atoms with Crippen LogP contribution in [0, 0.1) is 0 Å². The van der Waals surface area contributed by atoms with Crippen LogP contribution in [0.15, 0.2) is 0 Å². The Morgan fingerprint density at radius 1 is 1.50 bits per heavy atom. The van der Waals surface area contributed by atoms with Gasteiger partial charge in [0.2, 0.25) is 0 Å². The molecule has 6 nitrogen and oxygen atoms in total. The van der Waals surface area contributed by atoms with Crippen LogP contribution in [0.4, 0.5) is 4.79 Å². The zero-order chi connectivity index (χ0) is 9.56. The number of carboxylic acids is 1. The minimum absolute atomic E-state index is 0.00273. The van der Waals surface area contributed by atoms with Gasteiger partial charge in [-0.25, -0.2) is 9.59 Å². The normalized spacial score (nSPS) is 11.8. The van der Waals surface area contributed by atoms with Crippen LogP contribution in [-0.4, -0.2) is 41.9 Å². The second kappa shape index (κ2) is 5.36. The van der Waals surface area contributed by atoms with Gasteiger partial charge in [-0.15, -0.1) is 0 Å². The molecule has 0 aromatic carbocycles. The Bertz CT molecular complexity index is 169. The molecule has 0 radical (unpaired) electrons. The number of carbonyl (C=O) groups excluding carboxylic acids is 1. The van der Waals surface area contributed by atoms with Crippen LogP contribution in [0.25, 0.3) is 0 Å². The molecule has 70 valence electrons. The minimum Gasteiger partial charge on any atom is -0.480 e. The van der Waals surface area contributed by atoms with Crippen molar-refractivity contribution in [3.8, 4) is 0 Å². The summed E-state index contributed by atoms with van der Waals surface area (Å²) in [4.78, 5) is 21.0. The van der Waals surface area contributed by atoms with E-state index >= 15 is 0 Å². The lowest BCUT2D eigenvalue weighted by Crippen LogP contribution is -2.45. The molecule has 4 N–H and O–H groups in total. The number of aliphatic hydroxyl groups excluding tert-OH is 1. The molecule has 0 rings (SSSR count). The summed E-state index contributed by atoms with van der Waals surface area (Å²) < 4.78 is 0. The van der Waals surface area contributed by atoms with Gasteiger partial charge >= 0.3 is 12.0 Å². The molecular formula is C6H12N2O4. The number of aliphatic hydroxyl groups is 1. The minimum atomic E-state index is -1.16. The quantitative estimate of drug-likeness (QED) is 0.430. The average Bonchev–Trinajstić information content (AvgIpc) is 2.03. The maximum atomic E-state index is 10.6. The van der Waals surface area contributed by atoms with Crippen molar-refractivity contribution in [3.05, 3.63) is 0 Å². The number of nitrogens with one attached hydrogen (secondary N) is 2. The molecule has 12 heavy (non-hydrogen) atoms. The van der Waals surface area contributed by atoms with Crippen molar-refractivity contribution in [2.75, 3.05) is 13.7 Å². The molecule has 0 aromatic rings. The molecule has 0 aliphatic carbocycles. The maximum absolute atomic E-state index is 10.6. The van der Waals surface area contributed by atoms with Gasteiger partial charge in [0.05, 0.1) is 0 Å². The Balaban J connectivity index is 3.95. The van der Waals surface area contributed by atoms with Crippen molar-refractivity contribution in [1.29, 1.82) is 0 Å². The summed E-state index contributed by atoms with van der Waals surface area (Å²) >= 11 is 0. The van der Waals surface area contributed by atoms with Crippen LogP contribution in [0.2, 0.25) is 0 Å². The largest absolute Gasteiger partial charge is 0.480 e. The lowest BCUT2D eigenvalue weighted by molar-refractivity contribution is -0.139. The molecule has 0 unspecified atom stereocenters. The van der Waals surface area contributed by atoms with Crippen LogP contribution in [0.5, 0.6) is 0 Å². The number of hydrogen-bond donors (Lipinski definition) is 4. The number of aliphatic carboxylic acids is 1. The molecule has 0 aliphatic rings. The molecule has 0 spiro atoms. The molecule has 0 bridgehead atoms. The Morgan fingerprint density at radius 3 is 2.42 bits per heavy atom. The van der Waals surface area contributed by atoms with Gasteiger partial charge in [-0.3, -0.25) is 0 Å². The standard InChI is InChI=1S/C6H12N2O4/c1-7-6(12)8-4(2-3-9)5(10)11/h4,9H,2-3H2,1H3,(H,10,11)(H2,7,8,12)/t4-/m1/s1. The first-order valence-corrected chi connectivity index (χ1v) is 3.43. The third kappa shape index (κ3) is 3.77. The van der Waals surface area contributed by atoms with Crippen molar-refractivity contribution in [2.45, 2.75) is 12.5 Å². The molecule has 0 heterocycles. The first kappa shape index (κ1) is 10.7. The number of carboxylic acid groups (broad SMARTS) is 1. The molecule has 0 fully saturated rings. The van der Waals surface area contributed by atoms with E-state index in [1.54, 1.807) is 0 Å². The van der Waals surface area contributed by atoms with E-state index in [2.05, 4.69) is 10.6 Å². The molecule has 2 amide bonds. The predicted molar refractivity (Wildman–Crippen MR) is 40.7 cm³/mol. The Kier molecular flexibility index (Phi) is 4.78. The van der Waals surface area contributed by atoms with Crippen molar-refractivity contribution in [3.63, 3.8) is 0 Å². The first-order chi connectivity index (χ1) is 5.61. The van der Waals surface area contributed by atoms with Gasteiger partial charge in [-0.1, -0.05) is 0 Å². The van der Waals surface area contributed by atoms with Gasteiger partial charge in [0.15, 0.2) is 0 Å². The van der Waals surface area contributed by atoms with Crippen molar-refractivity contribution in [2.24, 2.45) is 0 Å². The third-order valence-corrected chi connectivity index (χ3v) is 1.25. The van der Waals surface area contributed by atoms with Crippen LogP contribution in [-0.2, 0) is 4.79 Å². The van der Waals surface area contributed by atoms with Crippen LogP contribution >= 0.6 is 0 Å². The lowest BCUT2D eigenvalue weighted by atomic mass is 10.2. The fourth-order valence-corrected chi connectivity index (χ4v) is 0.617. The van der Waals surface area contributed by atoms with Gasteiger partial charge in [-0.2, -0.15) is 0 Å². The third-order valence-electron chi connectivity index (χ3n) is 1.25. The fraction of sp³-hybridized carbons (Fsp3) is 0.667. The predicted octanol–water partition coefficient (Wildman–Crippen LogP) is -1.25. The Labute approximate surface area is 69.6 Å². The van der Waals surface area contributed by atoms with Gasteiger partial charge in [-0.05, 0) is 0 Å². The van der Waals surface area contributed by atoms with Gasteiger partial charge < -0.3 is 20.8 Å².